The van der Waals surface area contributed by atoms with Crippen molar-refractivity contribution < 1.29 is 4.74 Å². The van der Waals surface area contributed by atoms with E-state index in [0.717, 1.165) is 42.2 Å². The number of thioether (sulfide) groups is 1. The molecule has 0 amide bonds. The number of hydrogen-bond acceptors (Lipinski definition) is 5. The van der Waals surface area contributed by atoms with E-state index in [4.69, 9.17) is 21.3 Å². The van der Waals surface area contributed by atoms with Crippen molar-refractivity contribution in [2.45, 2.75) is 31.3 Å². The molecule has 0 unspecified atom stereocenters. The first-order valence-corrected chi connectivity index (χ1v) is 10.1. The first-order chi connectivity index (χ1) is 12.0. The Hall–Kier alpha value is -1.34. The molecule has 0 spiro atoms. The fourth-order valence-electron chi connectivity index (χ4n) is 2.53. The summed E-state index contributed by atoms with van der Waals surface area (Å²) in [4.78, 5) is 19.7. The second-order valence-corrected chi connectivity index (χ2v) is 8.30. The van der Waals surface area contributed by atoms with Gasteiger partial charge in [0.25, 0.3) is 5.56 Å². The summed E-state index contributed by atoms with van der Waals surface area (Å²) in [5, 5.41) is 2.18. The van der Waals surface area contributed by atoms with E-state index in [9.17, 15) is 4.79 Å². The normalized spacial score (nSPS) is 11.4. The van der Waals surface area contributed by atoms with E-state index in [1.165, 1.54) is 0 Å². The average molecular weight is 395 g/mol. The lowest BCUT2D eigenvalue weighted by Gasteiger charge is -2.12. The summed E-state index contributed by atoms with van der Waals surface area (Å²) in [5.74, 6) is 0.728. The minimum Gasteiger partial charge on any atom is -0.383 e. The molecule has 25 heavy (non-hydrogen) atoms. The number of rotatable bonds is 6. The molecule has 2 aromatic heterocycles. The molecular formula is C18H19ClN2O2S2. The number of fused-ring (bicyclic) bond motifs is 1. The molecule has 0 radical (unpaired) electrons. The van der Waals surface area contributed by atoms with Crippen LogP contribution in [0.25, 0.3) is 10.2 Å². The molecule has 0 saturated heterocycles. The van der Waals surface area contributed by atoms with Gasteiger partial charge in [0.1, 0.15) is 4.83 Å². The van der Waals surface area contributed by atoms with Crippen LogP contribution in [0.5, 0.6) is 0 Å². The zero-order chi connectivity index (χ0) is 18.0. The van der Waals surface area contributed by atoms with Crippen LogP contribution in [0.15, 0.2) is 34.2 Å². The molecule has 0 bridgehead atoms. The van der Waals surface area contributed by atoms with Gasteiger partial charge in [-0.3, -0.25) is 9.36 Å². The van der Waals surface area contributed by atoms with Crippen LogP contribution in [0.4, 0.5) is 0 Å². The van der Waals surface area contributed by atoms with Gasteiger partial charge in [-0.1, -0.05) is 35.5 Å². The van der Waals surface area contributed by atoms with Gasteiger partial charge in [-0.25, -0.2) is 4.98 Å². The Morgan fingerprint density at radius 2 is 2.00 bits per heavy atom. The predicted octanol–water partition coefficient (Wildman–Crippen LogP) is 4.67. The molecule has 0 N–H and O–H groups in total. The summed E-state index contributed by atoms with van der Waals surface area (Å²) >= 11 is 9.07. The van der Waals surface area contributed by atoms with Crippen molar-refractivity contribution in [2.75, 3.05) is 13.7 Å². The number of aryl methyl sites for hydroxylation is 2. The van der Waals surface area contributed by atoms with Crippen molar-refractivity contribution in [2.24, 2.45) is 0 Å². The van der Waals surface area contributed by atoms with Gasteiger partial charge in [0, 0.05) is 22.8 Å². The quantitative estimate of drug-likeness (QED) is 0.450. The number of benzene rings is 1. The fourth-order valence-corrected chi connectivity index (χ4v) is 4.70. The Morgan fingerprint density at radius 3 is 2.68 bits per heavy atom. The van der Waals surface area contributed by atoms with Crippen molar-refractivity contribution >= 4 is 44.9 Å². The third kappa shape index (κ3) is 3.92. The molecule has 4 nitrogen and oxygen atoms in total. The van der Waals surface area contributed by atoms with Crippen molar-refractivity contribution in [3.05, 3.63) is 55.6 Å². The van der Waals surface area contributed by atoms with E-state index >= 15 is 0 Å². The van der Waals surface area contributed by atoms with Crippen LogP contribution in [-0.2, 0) is 17.0 Å². The van der Waals surface area contributed by atoms with Gasteiger partial charge in [-0.2, -0.15) is 0 Å². The van der Waals surface area contributed by atoms with Crippen molar-refractivity contribution in [3.8, 4) is 0 Å². The zero-order valence-electron chi connectivity index (χ0n) is 14.3. The van der Waals surface area contributed by atoms with E-state index in [2.05, 4.69) is 0 Å². The summed E-state index contributed by atoms with van der Waals surface area (Å²) in [6.07, 6.45) is 0. The molecule has 0 aliphatic heterocycles. The van der Waals surface area contributed by atoms with E-state index in [1.807, 2.05) is 38.1 Å². The lowest BCUT2D eigenvalue weighted by molar-refractivity contribution is 0.183. The van der Waals surface area contributed by atoms with Gasteiger partial charge < -0.3 is 4.74 Å². The Kier molecular flexibility index (Phi) is 5.84. The van der Waals surface area contributed by atoms with Crippen molar-refractivity contribution in [1.82, 2.24) is 9.55 Å². The lowest BCUT2D eigenvalue weighted by Crippen LogP contribution is -2.25. The smallest absolute Gasteiger partial charge is 0.263 e. The highest BCUT2D eigenvalue weighted by Gasteiger charge is 2.16. The minimum absolute atomic E-state index is 0.0162. The van der Waals surface area contributed by atoms with E-state index in [0.29, 0.717) is 13.2 Å². The third-order valence-corrected chi connectivity index (χ3v) is 6.45. The summed E-state index contributed by atoms with van der Waals surface area (Å²) in [7, 11) is 1.64. The largest absolute Gasteiger partial charge is 0.383 e. The summed E-state index contributed by atoms with van der Waals surface area (Å²) in [6.45, 7) is 4.99. The van der Waals surface area contributed by atoms with Crippen molar-refractivity contribution in [3.63, 3.8) is 0 Å². The van der Waals surface area contributed by atoms with Crippen LogP contribution in [-0.4, -0.2) is 23.3 Å². The third-order valence-electron chi connectivity index (χ3n) is 4.05. The molecule has 0 aliphatic carbocycles. The highest BCUT2D eigenvalue weighted by molar-refractivity contribution is 7.98. The molecule has 0 atom stereocenters. The van der Waals surface area contributed by atoms with Gasteiger partial charge in [0.15, 0.2) is 5.16 Å². The van der Waals surface area contributed by atoms with Crippen LogP contribution in [0, 0.1) is 13.8 Å². The van der Waals surface area contributed by atoms with E-state index in [1.54, 1.807) is 34.8 Å². The number of methoxy groups -OCH3 is 1. The highest BCUT2D eigenvalue weighted by atomic mass is 35.5. The lowest BCUT2D eigenvalue weighted by atomic mass is 10.2. The molecule has 0 aliphatic rings. The topological polar surface area (TPSA) is 44.1 Å². The summed E-state index contributed by atoms with van der Waals surface area (Å²) in [6, 6.07) is 7.73. The Balaban J connectivity index is 1.99. The monoisotopic (exact) mass is 394 g/mol. The van der Waals surface area contributed by atoms with Gasteiger partial charge >= 0.3 is 0 Å². The molecule has 0 fully saturated rings. The first-order valence-electron chi connectivity index (χ1n) is 7.88. The number of hydrogen-bond donors (Lipinski definition) is 0. The minimum atomic E-state index is 0.0162. The van der Waals surface area contributed by atoms with Crippen LogP contribution < -0.4 is 5.56 Å². The molecule has 1 aromatic carbocycles. The summed E-state index contributed by atoms with van der Waals surface area (Å²) < 4.78 is 6.90. The molecule has 132 valence electrons. The van der Waals surface area contributed by atoms with Gasteiger partial charge in [-0.15, -0.1) is 11.3 Å². The average Bonchev–Trinajstić information content (AvgIpc) is 2.88. The number of nitrogens with zero attached hydrogens (tertiary/aromatic N) is 2. The molecule has 2 heterocycles. The van der Waals surface area contributed by atoms with E-state index < -0.39 is 0 Å². The highest BCUT2D eigenvalue weighted by Crippen LogP contribution is 2.29. The number of halogens is 1. The Labute approximate surface area is 159 Å². The van der Waals surface area contributed by atoms with Gasteiger partial charge in [0.2, 0.25) is 0 Å². The second-order valence-electron chi connectivity index (χ2n) is 5.72. The van der Waals surface area contributed by atoms with E-state index in [-0.39, 0.29) is 5.56 Å². The van der Waals surface area contributed by atoms with Gasteiger partial charge in [0.05, 0.1) is 18.5 Å². The molecule has 3 rings (SSSR count). The SMILES string of the molecule is COCCn1c(SCc2ccc(Cl)cc2)nc2sc(C)c(C)c2c1=O. The second kappa shape index (κ2) is 7.91. The maximum Gasteiger partial charge on any atom is 0.263 e. The summed E-state index contributed by atoms with van der Waals surface area (Å²) in [5.41, 5.74) is 2.18. The fraction of sp³-hybridized carbons (Fsp3) is 0.333. The predicted molar refractivity (Wildman–Crippen MR) is 106 cm³/mol. The molecule has 7 heteroatoms. The first kappa shape index (κ1) is 18.5. The maximum absolute atomic E-state index is 13.0. The van der Waals surface area contributed by atoms with Crippen LogP contribution >= 0.6 is 34.7 Å². The Morgan fingerprint density at radius 1 is 1.28 bits per heavy atom. The van der Waals surface area contributed by atoms with Crippen LogP contribution in [0.2, 0.25) is 5.02 Å². The Bertz CT molecular complexity index is 948. The van der Waals surface area contributed by atoms with Gasteiger partial charge in [-0.05, 0) is 37.1 Å². The maximum atomic E-state index is 13.0. The molecule has 0 saturated carbocycles. The van der Waals surface area contributed by atoms with Crippen LogP contribution in [0.3, 0.4) is 0 Å². The number of aromatic nitrogens is 2. The molecule has 3 aromatic rings. The standard InChI is InChI=1S/C18H19ClN2O2S2/c1-11-12(2)25-16-15(11)17(22)21(8-9-23-3)18(20-16)24-10-13-4-6-14(19)7-5-13/h4-7H,8-10H2,1-3H3. The number of ether oxygens (including phenoxy) is 1. The number of thiophene rings is 1. The van der Waals surface area contributed by atoms with Crippen molar-refractivity contribution in [1.29, 1.82) is 0 Å². The van der Waals surface area contributed by atoms with Crippen LogP contribution in [0.1, 0.15) is 16.0 Å². The molecular weight excluding hydrogens is 376 g/mol. The zero-order valence-corrected chi connectivity index (χ0v) is 16.7.